The normalized spacial score (nSPS) is 10.1. The van der Waals surface area contributed by atoms with E-state index in [1.807, 2.05) is 0 Å². The molecule has 4 N–H and O–H groups in total. The van der Waals surface area contributed by atoms with Gasteiger partial charge >= 0.3 is 0 Å². The Morgan fingerprint density at radius 2 is 1.80 bits per heavy atom. The average molecular weight is 203 g/mol. The van der Waals surface area contributed by atoms with E-state index in [1.54, 1.807) is 18.2 Å². The van der Waals surface area contributed by atoms with Crippen LogP contribution in [0.15, 0.2) is 30.3 Å². The molecule has 0 fully saturated rings. The van der Waals surface area contributed by atoms with Crippen LogP contribution in [-0.2, 0) is 0 Å². The van der Waals surface area contributed by atoms with Crippen LogP contribution in [0, 0.1) is 0 Å². The molecular weight excluding hydrogens is 194 g/mol. The third-order valence-electron chi connectivity index (χ3n) is 1.94. The number of aromatic nitrogens is 2. The number of phenolic OH excluding ortho intramolecular Hbond substituents is 2. The van der Waals surface area contributed by atoms with E-state index in [9.17, 15) is 5.11 Å². The van der Waals surface area contributed by atoms with Gasteiger partial charge in [-0.05, 0) is 24.3 Å². The van der Waals surface area contributed by atoms with E-state index < -0.39 is 0 Å². The van der Waals surface area contributed by atoms with Gasteiger partial charge in [0.1, 0.15) is 17.3 Å². The lowest BCUT2D eigenvalue weighted by atomic mass is 10.1. The highest BCUT2D eigenvalue weighted by Gasteiger charge is 2.06. The molecule has 5 heteroatoms. The Morgan fingerprint density at radius 1 is 1.00 bits per heavy atom. The summed E-state index contributed by atoms with van der Waals surface area (Å²) in [6.45, 7) is 0. The highest BCUT2D eigenvalue weighted by molar-refractivity contribution is 5.67. The summed E-state index contributed by atoms with van der Waals surface area (Å²) in [5, 5.41) is 26.2. The van der Waals surface area contributed by atoms with Gasteiger partial charge in [-0.3, -0.25) is 0 Å². The van der Waals surface area contributed by atoms with Gasteiger partial charge in [-0.25, -0.2) is 0 Å². The van der Waals surface area contributed by atoms with E-state index in [1.165, 1.54) is 12.1 Å². The Bertz CT molecular complexity index is 483. The van der Waals surface area contributed by atoms with Gasteiger partial charge in [0.05, 0.1) is 5.69 Å². The lowest BCUT2D eigenvalue weighted by molar-refractivity contribution is 0.451. The number of rotatable bonds is 1. The highest BCUT2D eigenvalue weighted by Crippen LogP contribution is 2.30. The minimum absolute atomic E-state index is 0.000320. The minimum atomic E-state index is -0.0472. The van der Waals surface area contributed by atoms with Crippen LogP contribution in [0.2, 0.25) is 0 Å². The van der Waals surface area contributed by atoms with Gasteiger partial charge in [0.25, 0.3) is 0 Å². The van der Waals surface area contributed by atoms with Crippen molar-refractivity contribution in [3.05, 3.63) is 30.3 Å². The molecule has 0 spiro atoms. The third-order valence-corrected chi connectivity index (χ3v) is 1.94. The number of hydrogen-bond acceptors (Lipinski definition) is 5. The van der Waals surface area contributed by atoms with Gasteiger partial charge < -0.3 is 15.9 Å². The molecule has 0 radical (unpaired) electrons. The van der Waals surface area contributed by atoms with Gasteiger partial charge in [0, 0.05) is 11.6 Å². The van der Waals surface area contributed by atoms with E-state index in [-0.39, 0.29) is 11.5 Å². The summed E-state index contributed by atoms with van der Waals surface area (Å²) in [7, 11) is 0. The second kappa shape index (κ2) is 3.45. The molecule has 5 nitrogen and oxygen atoms in total. The summed E-state index contributed by atoms with van der Waals surface area (Å²) in [5.74, 6) is 0.269. The third kappa shape index (κ3) is 1.80. The van der Waals surface area contributed by atoms with Crippen LogP contribution < -0.4 is 5.73 Å². The quantitative estimate of drug-likeness (QED) is 0.646. The van der Waals surface area contributed by atoms with Crippen LogP contribution in [0.4, 0.5) is 5.82 Å². The van der Waals surface area contributed by atoms with Crippen LogP contribution in [0.5, 0.6) is 11.5 Å². The van der Waals surface area contributed by atoms with Gasteiger partial charge in [0.15, 0.2) is 0 Å². The molecule has 0 saturated carbocycles. The molecule has 0 aliphatic heterocycles. The number of hydrogen-bond donors (Lipinski definition) is 3. The van der Waals surface area contributed by atoms with Crippen molar-refractivity contribution in [2.75, 3.05) is 5.73 Å². The lowest BCUT2D eigenvalue weighted by Gasteiger charge is -2.03. The Morgan fingerprint density at radius 3 is 2.40 bits per heavy atom. The number of nitrogens with zero attached hydrogens (tertiary/aromatic N) is 2. The van der Waals surface area contributed by atoms with Crippen LogP contribution in [0.25, 0.3) is 11.3 Å². The molecule has 0 amide bonds. The van der Waals surface area contributed by atoms with E-state index in [0.717, 1.165) is 0 Å². The molecule has 2 aromatic rings. The Balaban J connectivity index is 2.49. The molecule has 0 bridgehead atoms. The maximum Gasteiger partial charge on any atom is 0.146 e. The zero-order valence-electron chi connectivity index (χ0n) is 7.75. The second-order valence-corrected chi connectivity index (χ2v) is 3.04. The summed E-state index contributed by atoms with van der Waals surface area (Å²) in [4.78, 5) is 0. The Hall–Kier alpha value is -2.30. The predicted octanol–water partition coefficient (Wildman–Crippen LogP) is 1.14. The first-order chi connectivity index (χ1) is 7.16. The zero-order valence-corrected chi connectivity index (χ0v) is 7.75. The zero-order chi connectivity index (χ0) is 10.8. The Labute approximate surface area is 85.8 Å². The summed E-state index contributed by atoms with van der Waals surface area (Å²) < 4.78 is 0. The van der Waals surface area contributed by atoms with Crippen LogP contribution in [-0.4, -0.2) is 20.4 Å². The highest BCUT2D eigenvalue weighted by atomic mass is 16.3. The number of phenols is 2. The van der Waals surface area contributed by atoms with Gasteiger partial charge in [-0.15, -0.1) is 10.2 Å². The van der Waals surface area contributed by atoms with Gasteiger partial charge in [0.2, 0.25) is 0 Å². The van der Waals surface area contributed by atoms with Crippen molar-refractivity contribution in [1.29, 1.82) is 0 Å². The molecular formula is C10H9N3O2. The molecule has 0 aliphatic carbocycles. The molecule has 1 heterocycles. The maximum absolute atomic E-state index is 9.56. The fourth-order valence-electron chi connectivity index (χ4n) is 1.22. The van der Waals surface area contributed by atoms with Crippen LogP contribution >= 0.6 is 0 Å². The van der Waals surface area contributed by atoms with Crippen LogP contribution in [0.1, 0.15) is 0 Å². The van der Waals surface area contributed by atoms with Gasteiger partial charge in [-0.1, -0.05) is 0 Å². The van der Waals surface area contributed by atoms with Crippen molar-refractivity contribution < 1.29 is 10.2 Å². The number of nitrogens with two attached hydrogens (primary N) is 1. The maximum atomic E-state index is 9.56. The number of nitrogen functional groups attached to an aromatic ring is 1. The van der Waals surface area contributed by atoms with E-state index in [2.05, 4.69) is 10.2 Å². The van der Waals surface area contributed by atoms with Crippen molar-refractivity contribution in [3.63, 3.8) is 0 Å². The van der Waals surface area contributed by atoms with Crippen molar-refractivity contribution in [2.45, 2.75) is 0 Å². The minimum Gasteiger partial charge on any atom is -0.508 e. The van der Waals surface area contributed by atoms with Gasteiger partial charge in [-0.2, -0.15) is 0 Å². The topological polar surface area (TPSA) is 92.3 Å². The van der Waals surface area contributed by atoms with E-state index in [4.69, 9.17) is 10.8 Å². The van der Waals surface area contributed by atoms with Crippen molar-refractivity contribution in [3.8, 4) is 22.8 Å². The molecule has 0 atom stereocenters. The first-order valence-electron chi connectivity index (χ1n) is 4.28. The van der Waals surface area contributed by atoms with Crippen molar-refractivity contribution in [2.24, 2.45) is 0 Å². The molecule has 1 aromatic carbocycles. The smallest absolute Gasteiger partial charge is 0.146 e. The molecule has 0 saturated heterocycles. The Kier molecular flexibility index (Phi) is 2.13. The van der Waals surface area contributed by atoms with Crippen molar-refractivity contribution in [1.82, 2.24) is 10.2 Å². The van der Waals surface area contributed by atoms with Crippen LogP contribution in [0.3, 0.4) is 0 Å². The largest absolute Gasteiger partial charge is 0.508 e. The lowest BCUT2D eigenvalue weighted by Crippen LogP contribution is -1.93. The number of aromatic hydroxyl groups is 2. The summed E-state index contributed by atoms with van der Waals surface area (Å²) in [6.07, 6.45) is 0. The SMILES string of the molecule is Nc1ccc(-c2ccc(O)cc2O)nn1. The molecule has 0 unspecified atom stereocenters. The molecule has 0 aliphatic rings. The molecule has 2 rings (SSSR count). The standard InChI is InChI=1S/C10H9N3O2/c11-10-4-3-8(12-13-10)7-2-1-6(14)5-9(7)15/h1-5,14-15H,(H2,11,13). The van der Waals surface area contributed by atoms with E-state index >= 15 is 0 Å². The fraction of sp³-hybridized carbons (Fsp3) is 0. The number of anilines is 1. The molecule has 1 aromatic heterocycles. The summed E-state index contributed by atoms with van der Waals surface area (Å²) in [5.41, 5.74) is 6.39. The van der Waals surface area contributed by atoms with Crippen molar-refractivity contribution >= 4 is 5.82 Å². The first kappa shape index (κ1) is 9.26. The fourth-order valence-corrected chi connectivity index (χ4v) is 1.22. The summed E-state index contributed by atoms with van der Waals surface area (Å²) >= 11 is 0. The second-order valence-electron chi connectivity index (χ2n) is 3.04. The first-order valence-corrected chi connectivity index (χ1v) is 4.28. The monoisotopic (exact) mass is 203 g/mol. The predicted molar refractivity (Wildman–Crippen MR) is 55.2 cm³/mol. The molecule has 76 valence electrons. The molecule has 15 heavy (non-hydrogen) atoms. The summed E-state index contributed by atoms with van der Waals surface area (Å²) in [6, 6.07) is 7.51. The van der Waals surface area contributed by atoms with E-state index in [0.29, 0.717) is 17.1 Å². The average Bonchev–Trinajstić information content (AvgIpc) is 2.20. The number of benzene rings is 1.